The predicted molar refractivity (Wildman–Crippen MR) is 48.9 cm³/mol. The first kappa shape index (κ1) is 11.7. The lowest BCUT2D eigenvalue weighted by Gasteiger charge is -2.14. The lowest BCUT2D eigenvalue weighted by Crippen LogP contribution is -2.27. The van der Waals surface area contributed by atoms with E-state index in [0.29, 0.717) is 0 Å². The molecule has 0 aliphatic carbocycles. The molecule has 0 spiro atoms. The maximum Gasteiger partial charge on any atom is 0.307 e. The topological polar surface area (TPSA) is 66.4 Å². The molecule has 0 heterocycles. The Kier molecular flexibility index (Phi) is 4.80. The smallest absolute Gasteiger partial charge is 0.307 e. The van der Waals surface area contributed by atoms with Gasteiger partial charge in [0, 0.05) is 6.42 Å². The minimum Gasteiger partial charge on any atom is -0.481 e. The number of carboxylic acids is 1. The maximum absolute atomic E-state index is 11.0. The quantitative estimate of drug-likeness (QED) is 0.671. The van der Waals surface area contributed by atoms with Crippen LogP contribution in [0.4, 0.5) is 0 Å². The number of hydrogen-bond donors (Lipinski definition) is 2. The van der Waals surface area contributed by atoms with E-state index in [4.69, 9.17) is 5.11 Å². The average molecular weight is 185 g/mol. The van der Waals surface area contributed by atoms with Crippen LogP contribution in [-0.2, 0) is 9.59 Å². The molecule has 0 aliphatic rings. The fourth-order valence-corrected chi connectivity index (χ4v) is 0.981. The number of aliphatic carboxylic acids is 1. The van der Waals surface area contributed by atoms with Crippen LogP contribution in [0.1, 0.15) is 20.3 Å². The van der Waals surface area contributed by atoms with Crippen molar-refractivity contribution in [3.05, 3.63) is 12.8 Å². The third-order valence-electron chi connectivity index (χ3n) is 1.79. The van der Waals surface area contributed by atoms with Gasteiger partial charge in [-0.05, 0) is 12.1 Å². The molecular formula is C9H15NO3. The second-order valence-corrected chi connectivity index (χ2v) is 3.16. The zero-order chi connectivity index (χ0) is 10.4. The van der Waals surface area contributed by atoms with Crippen LogP contribution < -0.4 is 5.32 Å². The van der Waals surface area contributed by atoms with Gasteiger partial charge in [0.2, 0.25) is 5.91 Å². The first-order chi connectivity index (χ1) is 5.99. The molecule has 0 fully saturated rings. The third kappa shape index (κ3) is 4.30. The minimum atomic E-state index is -0.936. The predicted octanol–water partition coefficient (Wildman–Crippen LogP) is 0.993. The minimum absolute atomic E-state index is 0.000972. The summed E-state index contributed by atoms with van der Waals surface area (Å²) >= 11 is 0. The Morgan fingerprint density at radius 2 is 2.08 bits per heavy atom. The summed E-state index contributed by atoms with van der Waals surface area (Å²) in [5.74, 6) is -1.92. The Morgan fingerprint density at radius 3 is 2.38 bits per heavy atom. The molecular weight excluding hydrogens is 170 g/mol. The molecule has 74 valence electrons. The van der Waals surface area contributed by atoms with E-state index in [2.05, 4.69) is 11.9 Å². The van der Waals surface area contributed by atoms with E-state index < -0.39 is 11.9 Å². The Morgan fingerprint density at radius 1 is 1.54 bits per heavy atom. The van der Waals surface area contributed by atoms with E-state index >= 15 is 0 Å². The van der Waals surface area contributed by atoms with Gasteiger partial charge in [-0.3, -0.25) is 9.59 Å². The number of carboxylic acid groups (broad SMARTS) is 1. The van der Waals surface area contributed by atoms with Crippen molar-refractivity contribution < 1.29 is 14.7 Å². The zero-order valence-electron chi connectivity index (χ0n) is 7.91. The summed E-state index contributed by atoms with van der Waals surface area (Å²) in [4.78, 5) is 21.7. The van der Waals surface area contributed by atoms with Crippen LogP contribution in [0.25, 0.3) is 0 Å². The fraction of sp³-hybridized carbons (Fsp3) is 0.556. The second kappa shape index (κ2) is 5.35. The van der Waals surface area contributed by atoms with Crippen molar-refractivity contribution in [3.63, 3.8) is 0 Å². The van der Waals surface area contributed by atoms with E-state index in [0.717, 1.165) is 0 Å². The van der Waals surface area contributed by atoms with Gasteiger partial charge < -0.3 is 10.4 Å². The van der Waals surface area contributed by atoms with Crippen LogP contribution in [-0.4, -0.2) is 17.0 Å². The summed E-state index contributed by atoms with van der Waals surface area (Å²) < 4.78 is 0. The van der Waals surface area contributed by atoms with E-state index in [1.807, 2.05) is 0 Å². The van der Waals surface area contributed by atoms with Crippen LogP contribution in [0.5, 0.6) is 0 Å². The van der Waals surface area contributed by atoms with Gasteiger partial charge in [0.25, 0.3) is 0 Å². The average Bonchev–Trinajstić information content (AvgIpc) is 1.99. The van der Waals surface area contributed by atoms with Crippen LogP contribution in [0, 0.1) is 11.8 Å². The molecule has 4 nitrogen and oxygen atoms in total. The van der Waals surface area contributed by atoms with Crippen LogP contribution in [0.15, 0.2) is 12.8 Å². The molecule has 0 aliphatic heterocycles. The Hall–Kier alpha value is -1.32. The number of amides is 1. The highest BCUT2D eigenvalue weighted by molar-refractivity contribution is 5.82. The summed E-state index contributed by atoms with van der Waals surface area (Å²) in [6.07, 6.45) is 1.25. The molecule has 1 unspecified atom stereocenters. The normalized spacial score (nSPS) is 12.2. The fourth-order valence-electron chi connectivity index (χ4n) is 0.981. The van der Waals surface area contributed by atoms with Gasteiger partial charge in [0.1, 0.15) is 0 Å². The largest absolute Gasteiger partial charge is 0.481 e. The van der Waals surface area contributed by atoms with Gasteiger partial charge in [-0.15, -0.1) is 0 Å². The van der Waals surface area contributed by atoms with Crippen LogP contribution in [0.2, 0.25) is 0 Å². The highest BCUT2D eigenvalue weighted by Gasteiger charge is 2.23. The molecule has 0 bridgehead atoms. The monoisotopic (exact) mass is 185 g/mol. The van der Waals surface area contributed by atoms with E-state index in [-0.39, 0.29) is 18.2 Å². The summed E-state index contributed by atoms with van der Waals surface area (Å²) in [7, 11) is 0. The summed E-state index contributed by atoms with van der Waals surface area (Å²) in [6.45, 7) is 6.87. The van der Waals surface area contributed by atoms with Crippen molar-refractivity contribution in [3.8, 4) is 0 Å². The Labute approximate surface area is 77.6 Å². The summed E-state index contributed by atoms with van der Waals surface area (Å²) in [5.41, 5.74) is 0. The van der Waals surface area contributed by atoms with Gasteiger partial charge >= 0.3 is 5.97 Å². The molecule has 0 aromatic rings. The highest BCUT2D eigenvalue weighted by Crippen LogP contribution is 2.14. The maximum atomic E-state index is 11.0. The van der Waals surface area contributed by atoms with Gasteiger partial charge in [-0.2, -0.15) is 0 Å². The number of carbonyl (C=O) groups excluding carboxylic acids is 1. The molecule has 0 aromatic heterocycles. The van der Waals surface area contributed by atoms with Crippen LogP contribution in [0.3, 0.4) is 0 Å². The second-order valence-electron chi connectivity index (χ2n) is 3.16. The number of carbonyl (C=O) groups is 2. The Balaban J connectivity index is 4.18. The van der Waals surface area contributed by atoms with Crippen molar-refractivity contribution in [2.75, 3.05) is 0 Å². The van der Waals surface area contributed by atoms with Gasteiger partial charge in [-0.1, -0.05) is 20.4 Å². The van der Waals surface area contributed by atoms with Gasteiger partial charge in [-0.25, -0.2) is 0 Å². The number of nitrogens with one attached hydrogen (secondary N) is 1. The number of rotatable bonds is 5. The molecule has 2 N–H and O–H groups in total. The standard InChI is InChI=1S/C9H15NO3/c1-4-10-8(11)5-7(6(2)3)9(12)13/h4,6-7H,1,5H2,2-3H3,(H,10,11)(H,12,13). The van der Waals surface area contributed by atoms with Crippen molar-refractivity contribution in [2.24, 2.45) is 11.8 Å². The van der Waals surface area contributed by atoms with E-state index in [9.17, 15) is 9.59 Å². The lowest BCUT2D eigenvalue weighted by atomic mass is 9.92. The highest BCUT2D eigenvalue weighted by atomic mass is 16.4. The molecule has 0 aromatic carbocycles. The summed E-state index contributed by atoms with van der Waals surface area (Å²) in [5, 5.41) is 11.1. The molecule has 0 rings (SSSR count). The van der Waals surface area contributed by atoms with Crippen molar-refractivity contribution in [1.82, 2.24) is 5.32 Å². The van der Waals surface area contributed by atoms with Crippen molar-refractivity contribution in [2.45, 2.75) is 20.3 Å². The molecule has 1 amide bonds. The molecule has 4 heteroatoms. The molecule has 0 saturated carbocycles. The van der Waals surface area contributed by atoms with E-state index in [1.165, 1.54) is 6.20 Å². The SMILES string of the molecule is C=CNC(=O)CC(C(=O)O)C(C)C. The molecule has 0 saturated heterocycles. The first-order valence-electron chi connectivity index (χ1n) is 4.12. The van der Waals surface area contributed by atoms with Crippen LogP contribution >= 0.6 is 0 Å². The molecule has 0 radical (unpaired) electrons. The van der Waals surface area contributed by atoms with E-state index in [1.54, 1.807) is 13.8 Å². The molecule has 13 heavy (non-hydrogen) atoms. The van der Waals surface area contributed by atoms with Crippen molar-refractivity contribution in [1.29, 1.82) is 0 Å². The zero-order valence-corrected chi connectivity index (χ0v) is 7.91. The molecule has 1 atom stereocenters. The third-order valence-corrected chi connectivity index (χ3v) is 1.79. The van der Waals surface area contributed by atoms with Gasteiger partial charge in [0.15, 0.2) is 0 Å². The number of hydrogen-bond acceptors (Lipinski definition) is 2. The first-order valence-corrected chi connectivity index (χ1v) is 4.12. The summed E-state index contributed by atoms with van der Waals surface area (Å²) in [6, 6.07) is 0. The van der Waals surface area contributed by atoms with Gasteiger partial charge in [0.05, 0.1) is 5.92 Å². The lowest BCUT2D eigenvalue weighted by molar-refractivity contribution is -0.145. The van der Waals surface area contributed by atoms with Crippen molar-refractivity contribution >= 4 is 11.9 Å². The Bertz CT molecular complexity index is 211.